The van der Waals surface area contributed by atoms with Crippen LogP contribution in [0.2, 0.25) is 0 Å². The van der Waals surface area contributed by atoms with Crippen LogP contribution in [0, 0.1) is 5.92 Å². The minimum atomic E-state index is -0.595. The predicted octanol–water partition coefficient (Wildman–Crippen LogP) is 4.53. The number of benzene rings is 2. The lowest BCUT2D eigenvalue weighted by atomic mass is 9.91. The Bertz CT molecular complexity index is 1290. The van der Waals surface area contributed by atoms with Gasteiger partial charge in [0.05, 0.1) is 24.4 Å². The van der Waals surface area contributed by atoms with Gasteiger partial charge in [-0.15, -0.1) is 0 Å². The molecule has 1 aliphatic rings. The van der Waals surface area contributed by atoms with Crippen LogP contribution in [0.25, 0.3) is 0 Å². The molecule has 5 rings (SSSR count). The molecule has 1 aliphatic heterocycles. The predicted molar refractivity (Wildman–Crippen MR) is 139 cm³/mol. The molecule has 190 valence electrons. The molecule has 0 aliphatic carbocycles. The Morgan fingerprint density at radius 3 is 2.54 bits per heavy atom. The Kier molecular flexibility index (Phi) is 7.90. The number of nitrogens with one attached hydrogen (secondary N) is 2. The van der Waals surface area contributed by atoms with Gasteiger partial charge < -0.3 is 19.9 Å². The number of aliphatic hydroxyl groups is 1. The van der Waals surface area contributed by atoms with Crippen LogP contribution < -0.4 is 5.32 Å². The summed E-state index contributed by atoms with van der Waals surface area (Å²) in [6, 6.07) is 18.7. The van der Waals surface area contributed by atoms with Gasteiger partial charge in [-0.25, -0.2) is 4.98 Å². The summed E-state index contributed by atoms with van der Waals surface area (Å²) < 4.78 is 12.9. The highest BCUT2D eigenvalue weighted by Crippen LogP contribution is 2.42. The SMILES string of the molecule is CC1C(CSc2ncn[nH]2)OC(c2ccc(NC(=O)c3cccnc3)cc2)OC1c1ccc(CO)cc1. The number of pyridine rings is 1. The van der Waals surface area contributed by atoms with Crippen LogP contribution in [0.15, 0.2) is 84.5 Å². The lowest BCUT2D eigenvalue weighted by Crippen LogP contribution is -2.38. The molecule has 0 saturated carbocycles. The molecular weight excluding hydrogens is 490 g/mol. The van der Waals surface area contributed by atoms with Crippen LogP contribution >= 0.6 is 11.8 Å². The maximum Gasteiger partial charge on any atom is 0.257 e. The molecule has 2 aromatic heterocycles. The summed E-state index contributed by atoms with van der Waals surface area (Å²) in [7, 11) is 0. The van der Waals surface area contributed by atoms with E-state index in [1.54, 1.807) is 30.1 Å². The Labute approximate surface area is 218 Å². The second kappa shape index (κ2) is 11.7. The maximum absolute atomic E-state index is 12.5. The van der Waals surface area contributed by atoms with E-state index in [2.05, 4.69) is 32.4 Å². The molecule has 37 heavy (non-hydrogen) atoms. The van der Waals surface area contributed by atoms with E-state index in [1.165, 1.54) is 12.5 Å². The van der Waals surface area contributed by atoms with Gasteiger partial charge in [0, 0.05) is 35.3 Å². The third-order valence-electron chi connectivity index (χ3n) is 6.27. The molecule has 1 saturated heterocycles. The number of aromatic nitrogens is 4. The topological polar surface area (TPSA) is 122 Å². The average Bonchev–Trinajstić information content (AvgIpc) is 3.47. The lowest BCUT2D eigenvalue weighted by molar-refractivity contribution is -0.268. The van der Waals surface area contributed by atoms with Crippen molar-refractivity contribution in [2.24, 2.45) is 5.92 Å². The molecule has 4 unspecified atom stereocenters. The first kappa shape index (κ1) is 25.1. The highest BCUT2D eigenvalue weighted by molar-refractivity contribution is 7.99. The third kappa shape index (κ3) is 6.05. The maximum atomic E-state index is 12.5. The number of hydrogen-bond donors (Lipinski definition) is 3. The van der Waals surface area contributed by atoms with Crippen LogP contribution in [-0.4, -0.2) is 43.0 Å². The molecule has 4 atom stereocenters. The molecule has 3 N–H and O–H groups in total. The number of aromatic amines is 1. The number of carbonyl (C=O) groups is 1. The zero-order valence-corrected chi connectivity index (χ0v) is 21.0. The Hall–Kier alpha value is -3.57. The molecule has 4 aromatic rings. The number of amides is 1. The van der Waals surface area contributed by atoms with Crippen molar-refractivity contribution in [1.29, 1.82) is 0 Å². The number of anilines is 1. The number of hydrogen-bond acceptors (Lipinski definition) is 8. The second-order valence-corrected chi connectivity index (χ2v) is 9.75. The van der Waals surface area contributed by atoms with Gasteiger partial charge in [0.15, 0.2) is 11.4 Å². The smallest absolute Gasteiger partial charge is 0.257 e. The van der Waals surface area contributed by atoms with Crippen molar-refractivity contribution in [1.82, 2.24) is 20.2 Å². The highest BCUT2D eigenvalue weighted by Gasteiger charge is 2.38. The number of aliphatic hydroxyl groups excluding tert-OH is 1. The van der Waals surface area contributed by atoms with Crippen molar-refractivity contribution < 1.29 is 19.4 Å². The van der Waals surface area contributed by atoms with E-state index in [0.29, 0.717) is 17.0 Å². The molecule has 3 heterocycles. The van der Waals surface area contributed by atoms with Gasteiger partial charge in [0.1, 0.15) is 6.33 Å². The lowest BCUT2D eigenvalue weighted by Gasteiger charge is -2.41. The number of nitrogens with zero attached hydrogens (tertiary/aromatic N) is 3. The molecule has 0 bridgehead atoms. The molecule has 1 amide bonds. The van der Waals surface area contributed by atoms with Crippen molar-refractivity contribution in [2.75, 3.05) is 11.1 Å². The van der Waals surface area contributed by atoms with Gasteiger partial charge in [-0.3, -0.25) is 14.9 Å². The largest absolute Gasteiger partial charge is 0.392 e. The monoisotopic (exact) mass is 517 g/mol. The normalized spacial score (nSPS) is 21.5. The van der Waals surface area contributed by atoms with E-state index in [4.69, 9.17) is 9.47 Å². The van der Waals surface area contributed by atoms with Crippen LogP contribution in [0.4, 0.5) is 5.69 Å². The van der Waals surface area contributed by atoms with Crippen molar-refractivity contribution in [3.63, 3.8) is 0 Å². The van der Waals surface area contributed by atoms with E-state index in [-0.39, 0.29) is 30.6 Å². The first-order valence-corrected chi connectivity index (χ1v) is 12.9. The zero-order chi connectivity index (χ0) is 25.6. The quantitative estimate of drug-likeness (QED) is 0.292. The van der Waals surface area contributed by atoms with Gasteiger partial charge in [0.2, 0.25) is 0 Å². The summed E-state index contributed by atoms with van der Waals surface area (Å²) >= 11 is 1.55. The number of H-pyrrole nitrogens is 1. The van der Waals surface area contributed by atoms with Gasteiger partial charge >= 0.3 is 0 Å². The van der Waals surface area contributed by atoms with E-state index >= 15 is 0 Å². The van der Waals surface area contributed by atoms with Crippen LogP contribution in [0.1, 0.15) is 46.4 Å². The zero-order valence-electron chi connectivity index (χ0n) is 20.2. The third-order valence-corrected chi connectivity index (χ3v) is 7.23. The Morgan fingerprint density at radius 2 is 1.86 bits per heavy atom. The van der Waals surface area contributed by atoms with E-state index in [9.17, 15) is 9.90 Å². The summed E-state index contributed by atoms with van der Waals surface area (Å²) in [5, 5.41) is 19.8. The number of carbonyl (C=O) groups excluding carboxylic acids is 1. The minimum absolute atomic E-state index is 0.00673. The van der Waals surface area contributed by atoms with Gasteiger partial charge in [0.25, 0.3) is 5.91 Å². The first-order valence-electron chi connectivity index (χ1n) is 11.9. The van der Waals surface area contributed by atoms with Crippen molar-refractivity contribution in [3.8, 4) is 0 Å². The molecule has 2 aromatic carbocycles. The molecule has 0 spiro atoms. The fraction of sp³-hybridized carbons (Fsp3) is 0.259. The minimum Gasteiger partial charge on any atom is -0.392 e. The highest BCUT2D eigenvalue weighted by atomic mass is 32.2. The summed E-state index contributed by atoms with van der Waals surface area (Å²) in [5.74, 6) is 0.501. The van der Waals surface area contributed by atoms with Crippen molar-refractivity contribution in [3.05, 3.63) is 102 Å². The second-order valence-electron chi connectivity index (χ2n) is 8.74. The summed E-state index contributed by atoms with van der Waals surface area (Å²) in [5.41, 5.74) is 3.87. The van der Waals surface area contributed by atoms with Crippen LogP contribution in [0.5, 0.6) is 0 Å². The van der Waals surface area contributed by atoms with E-state index in [0.717, 1.165) is 21.8 Å². The van der Waals surface area contributed by atoms with Crippen LogP contribution in [-0.2, 0) is 16.1 Å². The molecule has 10 heteroatoms. The molecule has 9 nitrogen and oxygen atoms in total. The number of thioether (sulfide) groups is 1. The molecule has 0 radical (unpaired) electrons. The fourth-order valence-electron chi connectivity index (χ4n) is 4.16. The average molecular weight is 518 g/mol. The molecule has 1 fully saturated rings. The Balaban J connectivity index is 1.34. The van der Waals surface area contributed by atoms with Crippen molar-refractivity contribution in [2.45, 2.75) is 37.2 Å². The van der Waals surface area contributed by atoms with E-state index in [1.807, 2.05) is 48.5 Å². The standard InChI is InChI=1S/C27H27N5O4S/c1-17-23(15-37-27-29-16-30-32-27)35-26(36-24(17)19-6-4-18(14-33)5-7-19)20-8-10-22(11-9-20)31-25(34)21-3-2-12-28-13-21/h2-13,16-17,23-24,26,33H,14-15H2,1H3,(H,31,34)(H,29,30,32). The van der Waals surface area contributed by atoms with Crippen molar-refractivity contribution >= 4 is 23.4 Å². The van der Waals surface area contributed by atoms with Crippen LogP contribution in [0.3, 0.4) is 0 Å². The van der Waals surface area contributed by atoms with Gasteiger partial charge in [-0.05, 0) is 35.4 Å². The number of ether oxygens (including phenoxy) is 2. The molecular formula is C27H27N5O4S. The fourth-order valence-corrected chi connectivity index (χ4v) is 5.10. The van der Waals surface area contributed by atoms with Gasteiger partial charge in [-0.1, -0.05) is 55.1 Å². The Morgan fingerprint density at radius 1 is 1.08 bits per heavy atom. The summed E-state index contributed by atoms with van der Waals surface area (Å²) in [6.45, 7) is 2.11. The first-order chi connectivity index (χ1) is 18.1. The van der Waals surface area contributed by atoms with E-state index < -0.39 is 6.29 Å². The summed E-state index contributed by atoms with van der Waals surface area (Å²) in [4.78, 5) is 20.7. The summed E-state index contributed by atoms with van der Waals surface area (Å²) in [6.07, 6.45) is 3.71. The number of rotatable bonds is 8. The van der Waals surface area contributed by atoms with Gasteiger partial charge in [-0.2, -0.15) is 5.10 Å².